The van der Waals surface area contributed by atoms with Crippen molar-refractivity contribution in [1.82, 2.24) is 5.43 Å². The highest BCUT2D eigenvalue weighted by Crippen LogP contribution is 2.36. The third-order valence-electron chi connectivity index (χ3n) is 5.48. The Morgan fingerprint density at radius 1 is 0.975 bits per heavy atom. The molecule has 0 aliphatic rings. The quantitative estimate of drug-likeness (QED) is 0.114. The second-order valence-electron chi connectivity index (χ2n) is 8.57. The van der Waals surface area contributed by atoms with Gasteiger partial charge in [-0.25, -0.2) is 5.43 Å². The number of carbonyl (C=O) groups is 3. The highest BCUT2D eigenvalue weighted by atomic mass is 79.9. The molecule has 0 heterocycles. The zero-order valence-corrected chi connectivity index (χ0v) is 24.0. The lowest BCUT2D eigenvalue weighted by Crippen LogP contribution is -2.32. The first-order chi connectivity index (χ1) is 19.3. The third kappa shape index (κ3) is 9.12. The molecule has 0 bridgehead atoms. The van der Waals surface area contributed by atoms with Crippen molar-refractivity contribution >= 4 is 51.2 Å². The van der Waals surface area contributed by atoms with E-state index in [4.69, 9.17) is 14.2 Å². The Hall–Kier alpha value is -4.38. The predicted octanol–water partition coefficient (Wildman–Crippen LogP) is 5.05. The molecule has 40 heavy (non-hydrogen) atoms. The van der Waals surface area contributed by atoms with Crippen LogP contribution in [0.4, 0.5) is 11.4 Å². The molecule has 0 saturated carbocycles. The molecule has 3 aromatic rings. The number of hydrazone groups is 1. The number of halogens is 1. The Kier molecular flexibility index (Phi) is 11.5. The van der Waals surface area contributed by atoms with Crippen LogP contribution in [-0.2, 0) is 14.4 Å². The van der Waals surface area contributed by atoms with Gasteiger partial charge in [0.25, 0.3) is 5.91 Å². The summed E-state index contributed by atoms with van der Waals surface area (Å²) in [7, 11) is 1.46. The van der Waals surface area contributed by atoms with Gasteiger partial charge in [-0.05, 0) is 82.9 Å². The highest BCUT2D eigenvalue weighted by molar-refractivity contribution is 9.10. The lowest BCUT2D eigenvalue weighted by molar-refractivity contribution is -0.136. The molecule has 3 amide bonds. The van der Waals surface area contributed by atoms with Crippen molar-refractivity contribution in [3.05, 3.63) is 76.3 Å². The maximum atomic E-state index is 12.4. The van der Waals surface area contributed by atoms with E-state index < -0.39 is 11.8 Å². The van der Waals surface area contributed by atoms with Crippen molar-refractivity contribution in [1.29, 1.82) is 0 Å². The zero-order chi connectivity index (χ0) is 28.9. The lowest BCUT2D eigenvalue weighted by Gasteiger charge is -2.14. The van der Waals surface area contributed by atoms with E-state index in [9.17, 15) is 14.4 Å². The number of methoxy groups -OCH3 is 1. The van der Waals surface area contributed by atoms with Gasteiger partial charge in [0, 0.05) is 11.4 Å². The summed E-state index contributed by atoms with van der Waals surface area (Å²) in [5.41, 5.74) is 4.82. The van der Waals surface area contributed by atoms with Crippen molar-refractivity contribution in [3.63, 3.8) is 0 Å². The number of carbonyl (C=O) groups excluding carboxylic acids is 3. The number of anilines is 2. The number of ether oxygens (including phenoxy) is 3. The molecule has 0 aliphatic heterocycles. The number of unbranched alkanes of at least 4 members (excludes halogenated alkanes) is 1. The average Bonchev–Trinajstić information content (AvgIpc) is 2.94. The molecular formula is C29H31BrN4O6. The van der Waals surface area contributed by atoms with Gasteiger partial charge in [0.1, 0.15) is 5.75 Å². The van der Waals surface area contributed by atoms with Crippen LogP contribution in [0.1, 0.15) is 30.9 Å². The molecule has 3 N–H and O–H groups in total. The van der Waals surface area contributed by atoms with E-state index in [0.717, 1.165) is 18.4 Å². The third-order valence-corrected chi connectivity index (χ3v) is 6.07. The monoisotopic (exact) mass is 610 g/mol. The summed E-state index contributed by atoms with van der Waals surface area (Å²) in [5.74, 6) is -0.792. The second-order valence-corrected chi connectivity index (χ2v) is 9.42. The van der Waals surface area contributed by atoms with Crippen LogP contribution < -0.4 is 30.3 Å². The fraction of sp³-hybridized carbons (Fsp3) is 0.241. The number of benzene rings is 3. The maximum Gasteiger partial charge on any atom is 0.329 e. The van der Waals surface area contributed by atoms with Gasteiger partial charge in [-0.1, -0.05) is 31.5 Å². The summed E-state index contributed by atoms with van der Waals surface area (Å²) >= 11 is 3.41. The van der Waals surface area contributed by atoms with Gasteiger partial charge >= 0.3 is 11.8 Å². The van der Waals surface area contributed by atoms with Gasteiger partial charge in [0.05, 0.1) is 24.4 Å². The van der Waals surface area contributed by atoms with Gasteiger partial charge in [-0.3, -0.25) is 14.4 Å². The van der Waals surface area contributed by atoms with Gasteiger partial charge in [0.15, 0.2) is 18.1 Å². The molecule has 0 unspecified atom stereocenters. The molecule has 0 spiro atoms. The Bertz CT molecular complexity index is 1360. The number of para-hydroxylation sites is 1. The molecule has 10 nitrogen and oxygen atoms in total. The number of rotatable bonds is 12. The largest absolute Gasteiger partial charge is 0.494 e. The van der Waals surface area contributed by atoms with E-state index >= 15 is 0 Å². The first-order valence-electron chi connectivity index (χ1n) is 12.5. The Morgan fingerprint density at radius 2 is 1.73 bits per heavy atom. The Balaban J connectivity index is 1.53. The van der Waals surface area contributed by atoms with Crippen LogP contribution in [0.3, 0.4) is 0 Å². The summed E-state index contributed by atoms with van der Waals surface area (Å²) in [5, 5.41) is 9.16. The minimum atomic E-state index is -0.940. The van der Waals surface area contributed by atoms with Gasteiger partial charge in [0.2, 0.25) is 0 Å². The second kappa shape index (κ2) is 15.3. The maximum absolute atomic E-state index is 12.4. The molecule has 0 atom stereocenters. The van der Waals surface area contributed by atoms with Crippen LogP contribution in [-0.4, -0.2) is 44.3 Å². The van der Waals surface area contributed by atoms with Crippen molar-refractivity contribution in [3.8, 4) is 17.2 Å². The van der Waals surface area contributed by atoms with E-state index in [-0.39, 0.29) is 12.5 Å². The van der Waals surface area contributed by atoms with Crippen molar-refractivity contribution in [2.45, 2.75) is 26.7 Å². The van der Waals surface area contributed by atoms with Crippen molar-refractivity contribution < 1.29 is 28.6 Å². The van der Waals surface area contributed by atoms with Gasteiger partial charge in [-0.15, -0.1) is 0 Å². The SMILES string of the molecule is CCCCOc1ccc(NC(=O)C(=O)N/N=C\c2cc(Br)c(OCC(=O)Nc3ccccc3C)c(OC)c2)cc1. The average molecular weight is 611 g/mol. The Morgan fingerprint density at radius 3 is 2.42 bits per heavy atom. The van der Waals surface area contributed by atoms with Crippen molar-refractivity contribution in [2.24, 2.45) is 5.10 Å². The zero-order valence-electron chi connectivity index (χ0n) is 22.5. The summed E-state index contributed by atoms with van der Waals surface area (Å²) in [6.45, 7) is 4.36. The summed E-state index contributed by atoms with van der Waals surface area (Å²) in [6.07, 6.45) is 3.33. The van der Waals surface area contributed by atoms with E-state index in [1.807, 2.05) is 31.2 Å². The molecule has 0 aromatic heterocycles. The summed E-state index contributed by atoms with van der Waals surface area (Å²) in [4.78, 5) is 36.7. The van der Waals surface area contributed by atoms with Crippen LogP contribution >= 0.6 is 15.9 Å². The van der Waals surface area contributed by atoms with Crippen LogP contribution in [0.5, 0.6) is 17.2 Å². The number of aryl methyl sites for hydroxylation is 1. The number of hydrogen-bond acceptors (Lipinski definition) is 7. The molecule has 3 aromatic carbocycles. The standard InChI is InChI=1S/C29H31BrN4O6/c1-4-5-14-39-22-12-10-21(11-13-22)32-28(36)29(37)34-31-17-20-15-23(30)27(25(16-20)38-3)40-18-26(35)33-24-9-7-6-8-19(24)2/h6-13,15-17H,4-5,14,18H2,1-3H3,(H,32,36)(H,33,35)(H,34,37)/b31-17-. The first-order valence-corrected chi connectivity index (χ1v) is 13.3. The molecule has 0 radical (unpaired) electrons. The molecule has 11 heteroatoms. The van der Waals surface area contributed by atoms with Gasteiger partial charge in [-0.2, -0.15) is 5.10 Å². The molecule has 0 aliphatic carbocycles. The van der Waals surface area contributed by atoms with Crippen LogP contribution in [0.2, 0.25) is 0 Å². The van der Waals surface area contributed by atoms with E-state index in [0.29, 0.717) is 45.3 Å². The van der Waals surface area contributed by atoms with Crippen LogP contribution in [0.25, 0.3) is 0 Å². The topological polar surface area (TPSA) is 127 Å². The van der Waals surface area contributed by atoms with Crippen molar-refractivity contribution in [2.75, 3.05) is 31.0 Å². The lowest BCUT2D eigenvalue weighted by atomic mass is 10.2. The molecule has 3 rings (SSSR count). The van der Waals surface area contributed by atoms with E-state index in [1.165, 1.54) is 13.3 Å². The van der Waals surface area contributed by atoms with Crippen LogP contribution in [0, 0.1) is 6.92 Å². The predicted molar refractivity (Wildman–Crippen MR) is 157 cm³/mol. The molecule has 0 fully saturated rings. The number of hydrogen-bond donors (Lipinski definition) is 3. The minimum absolute atomic E-state index is 0.240. The number of nitrogens with zero attached hydrogens (tertiary/aromatic N) is 1. The summed E-state index contributed by atoms with van der Waals surface area (Å²) in [6, 6.07) is 17.4. The normalized spacial score (nSPS) is 10.6. The number of amides is 3. The first kappa shape index (κ1) is 30.2. The fourth-order valence-corrected chi connectivity index (χ4v) is 3.94. The molecule has 0 saturated heterocycles. The van der Waals surface area contributed by atoms with E-state index in [2.05, 4.69) is 44.0 Å². The number of nitrogens with one attached hydrogen (secondary N) is 3. The van der Waals surface area contributed by atoms with Crippen LogP contribution in [0.15, 0.2) is 70.2 Å². The molecular weight excluding hydrogens is 580 g/mol. The smallest absolute Gasteiger partial charge is 0.329 e. The molecule has 210 valence electrons. The summed E-state index contributed by atoms with van der Waals surface area (Å²) < 4.78 is 17.2. The highest BCUT2D eigenvalue weighted by Gasteiger charge is 2.15. The Labute approximate surface area is 241 Å². The van der Waals surface area contributed by atoms with Gasteiger partial charge < -0.3 is 24.8 Å². The minimum Gasteiger partial charge on any atom is -0.494 e. The van der Waals surface area contributed by atoms with E-state index in [1.54, 1.807) is 36.4 Å². The fourth-order valence-electron chi connectivity index (χ4n) is 3.36.